The van der Waals surface area contributed by atoms with Crippen molar-refractivity contribution in [3.63, 3.8) is 0 Å². The molecule has 0 unspecified atom stereocenters. The molecule has 0 saturated heterocycles. The third-order valence-electron chi connectivity index (χ3n) is 3.30. The zero-order chi connectivity index (χ0) is 15.6. The minimum absolute atomic E-state index is 0.0136. The van der Waals surface area contributed by atoms with Crippen LogP contribution in [0.5, 0.6) is 0 Å². The maximum Gasteiger partial charge on any atom is 0.262 e. The molecule has 0 bridgehead atoms. The molecule has 1 N–H and O–H groups in total. The van der Waals surface area contributed by atoms with Crippen molar-refractivity contribution in [2.45, 2.75) is 30.6 Å². The minimum atomic E-state index is -4.06. The third-order valence-corrected chi connectivity index (χ3v) is 5.58. The van der Waals surface area contributed by atoms with Gasteiger partial charge in [0.05, 0.1) is 10.5 Å². The Bertz CT molecular complexity index is 662. The first kappa shape index (κ1) is 16.7. The fourth-order valence-corrected chi connectivity index (χ4v) is 4.15. The molecule has 1 aliphatic carbocycles. The maximum atomic E-state index is 13.8. The topological polar surface area (TPSA) is 63.2 Å². The van der Waals surface area contributed by atoms with Crippen LogP contribution < -0.4 is 5.32 Å². The van der Waals surface area contributed by atoms with Crippen LogP contribution >= 0.6 is 26.6 Å². The quantitative estimate of drug-likeness (QED) is 0.590. The number of carbonyl (C=O) groups excluding carboxylic acids is 1. The second-order valence-electron chi connectivity index (χ2n) is 5.04. The van der Waals surface area contributed by atoms with E-state index in [1.807, 2.05) is 0 Å². The molecular formula is C13H14BrClFNO3S. The van der Waals surface area contributed by atoms with Gasteiger partial charge in [-0.25, -0.2) is 12.8 Å². The lowest BCUT2D eigenvalue weighted by Gasteiger charge is -2.08. The summed E-state index contributed by atoms with van der Waals surface area (Å²) in [5.74, 6) is -0.678. The average Bonchev–Trinajstić information content (AvgIpc) is 3.16. The molecule has 2 rings (SSSR count). The second-order valence-corrected chi connectivity index (χ2v) is 8.43. The summed E-state index contributed by atoms with van der Waals surface area (Å²) in [7, 11) is 1.19. The molecule has 1 saturated carbocycles. The number of hydrogen-bond acceptors (Lipinski definition) is 3. The van der Waals surface area contributed by atoms with Gasteiger partial charge in [0.25, 0.3) is 15.0 Å². The summed E-state index contributed by atoms with van der Waals surface area (Å²) >= 11 is 2.92. The van der Waals surface area contributed by atoms with E-state index in [1.54, 1.807) is 0 Å². The summed E-state index contributed by atoms with van der Waals surface area (Å²) in [6.45, 7) is 0.438. The van der Waals surface area contributed by atoms with Crippen molar-refractivity contribution in [2.75, 3.05) is 6.54 Å². The first-order valence-corrected chi connectivity index (χ1v) is 9.61. The van der Waals surface area contributed by atoms with Gasteiger partial charge in [-0.2, -0.15) is 0 Å². The Balaban J connectivity index is 2.08. The van der Waals surface area contributed by atoms with E-state index < -0.39 is 20.8 Å². The van der Waals surface area contributed by atoms with Gasteiger partial charge in [-0.1, -0.05) is 12.8 Å². The van der Waals surface area contributed by atoms with Gasteiger partial charge >= 0.3 is 0 Å². The van der Waals surface area contributed by atoms with Gasteiger partial charge in [0, 0.05) is 21.7 Å². The number of benzene rings is 1. The molecule has 0 radical (unpaired) electrons. The van der Waals surface area contributed by atoms with Gasteiger partial charge in [-0.05, 0) is 46.8 Å². The molecule has 4 nitrogen and oxygen atoms in total. The van der Waals surface area contributed by atoms with Gasteiger partial charge in [0.1, 0.15) is 5.82 Å². The van der Waals surface area contributed by atoms with Crippen LogP contribution in [0.4, 0.5) is 4.39 Å². The lowest BCUT2D eigenvalue weighted by atomic mass is 10.2. The lowest BCUT2D eigenvalue weighted by molar-refractivity contribution is 0.0948. The van der Waals surface area contributed by atoms with Gasteiger partial charge < -0.3 is 5.32 Å². The van der Waals surface area contributed by atoms with E-state index in [2.05, 4.69) is 21.2 Å². The zero-order valence-corrected chi connectivity index (χ0v) is 14.2. The third kappa shape index (κ3) is 4.66. The molecule has 0 heterocycles. The van der Waals surface area contributed by atoms with E-state index in [0.29, 0.717) is 6.54 Å². The van der Waals surface area contributed by atoms with Crippen LogP contribution in [-0.4, -0.2) is 20.9 Å². The molecule has 116 valence electrons. The van der Waals surface area contributed by atoms with Crippen molar-refractivity contribution in [3.8, 4) is 0 Å². The van der Waals surface area contributed by atoms with Gasteiger partial charge in [0.15, 0.2) is 0 Å². The predicted molar refractivity (Wildman–Crippen MR) is 81.4 cm³/mol. The number of rotatable bonds is 6. The van der Waals surface area contributed by atoms with Crippen LogP contribution in [0.1, 0.15) is 36.0 Å². The van der Waals surface area contributed by atoms with Crippen molar-refractivity contribution in [1.29, 1.82) is 0 Å². The van der Waals surface area contributed by atoms with Crippen LogP contribution in [0.15, 0.2) is 21.5 Å². The first-order chi connectivity index (χ1) is 9.79. The van der Waals surface area contributed by atoms with Crippen LogP contribution in [-0.2, 0) is 9.05 Å². The fourth-order valence-electron chi connectivity index (χ4n) is 1.98. The van der Waals surface area contributed by atoms with E-state index in [9.17, 15) is 17.6 Å². The molecule has 0 aromatic heterocycles. The van der Waals surface area contributed by atoms with Gasteiger partial charge in [-0.3, -0.25) is 4.79 Å². The van der Waals surface area contributed by atoms with Crippen LogP contribution in [0.25, 0.3) is 0 Å². The fraction of sp³-hybridized carbons (Fsp3) is 0.462. The molecule has 1 aromatic carbocycles. The minimum Gasteiger partial charge on any atom is -0.352 e. The molecule has 1 amide bonds. The molecule has 1 fully saturated rings. The molecule has 1 aromatic rings. The Morgan fingerprint density at radius 1 is 1.43 bits per heavy atom. The number of amides is 1. The Morgan fingerprint density at radius 2 is 2.10 bits per heavy atom. The van der Waals surface area contributed by atoms with Crippen molar-refractivity contribution < 1.29 is 17.6 Å². The Labute approximate surface area is 135 Å². The van der Waals surface area contributed by atoms with Crippen LogP contribution in [0, 0.1) is 11.7 Å². The zero-order valence-electron chi connectivity index (χ0n) is 11.0. The van der Waals surface area contributed by atoms with E-state index >= 15 is 0 Å². The molecule has 0 atom stereocenters. The summed E-state index contributed by atoms with van der Waals surface area (Å²) in [5.41, 5.74) is -0.330. The van der Waals surface area contributed by atoms with E-state index in [4.69, 9.17) is 10.7 Å². The summed E-state index contributed by atoms with van der Waals surface area (Å²) in [4.78, 5) is 11.6. The van der Waals surface area contributed by atoms with Crippen LogP contribution in [0.2, 0.25) is 0 Å². The van der Waals surface area contributed by atoms with Crippen molar-refractivity contribution >= 4 is 41.6 Å². The molecule has 1 aliphatic rings. The van der Waals surface area contributed by atoms with E-state index in [-0.39, 0.29) is 14.9 Å². The highest BCUT2D eigenvalue weighted by Crippen LogP contribution is 2.33. The Morgan fingerprint density at radius 3 is 2.67 bits per heavy atom. The average molecular weight is 399 g/mol. The number of hydrogen-bond donors (Lipinski definition) is 1. The molecule has 0 aliphatic heterocycles. The summed E-state index contributed by atoms with van der Waals surface area (Å²) in [6, 6.07) is 1.87. The summed E-state index contributed by atoms with van der Waals surface area (Å²) in [5, 5.41) is 2.59. The smallest absolute Gasteiger partial charge is 0.262 e. The number of nitrogens with one attached hydrogen (secondary N) is 1. The molecule has 8 heteroatoms. The van der Waals surface area contributed by atoms with Crippen molar-refractivity contribution in [2.24, 2.45) is 5.92 Å². The molecule has 0 spiro atoms. The van der Waals surface area contributed by atoms with Crippen molar-refractivity contribution in [3.05, 3.63) is 28.0 Å². The predicted octanol–water partition coefficient (Wildman–Crippen LogP) is 3.44. The highest BCUT2D eigenvalue weighted by Gasteiger charge is 2.22. The first-order valence-electron chi connectivity index (χ1n) is 6.51. The Hall–Kier alpha value is -0.660. The van der Waals surface area contributed by atoms with E-state index in [0.717, 1.165) is 30.9 Å². The standard InChI is InChI=1S/C13H14BrClFNO3S/c14-10-7-11(16)9(6-12(10)21(15,19)20)13(18)17-5-1-2-8-3-4-8/h6-8H,1-5H2,(H,17,18). The van der Waals surface area contributed by atoms with Crippen molar-refractivity contribution in [1.82, 2.24) is 5.32 Å². The van der Waals surface area contributed by atoms with Crippen LogP contribution in [0.3, 0.4) is 0 Å². The van der Waals surface area contributed by atoms with Gasteiger partial charge in [0.2, 0.25) is 0 Å². The second kappa shape index (κ2) is 6.62. The number of halogens is 3. The number of carbonyl (C=O) groups is 1. The summed E-state index contributed by atoms with van der Waals surface area (Å²) < 4.78 is 36.5. The molecular weight excluding hydrogens is 385 g/mol. The monoisotopic (exact) mass is 397 g/mol. The maximum absolute atomic E-state index is 13.8. The Kier molecular flexibility index (Phi) is 5.27. The SMILES string of the molecule is O=C(NCCCC1CC1)c1cc(S(=O)(=O)Cl)c(Br)cc1F. The largest absolute Gasteiger partial charge is 0.352 e. The normalized spacial score (nSPS) is 15.0. The summed E-state index contributed by atoms with van der Waals surface area (Å²) in [6.07, 6.45) is 4.36. The van der Waals surface area contributed by atoms with E-state index in [1.165, 1.54) is 12.8 Å². The highest BCUT2D eigenvalue weighted by molar-refractivity contribution is 9.10. The molecule has 21 heavy (non-hydrogen) atoms. The highest BCUT2D eigenvalue weighted by atomic mass is 79.9. The van der Waals surface area contributed by atoms with Gasteiger partial charge in [-0.15, -0.1) is 0 Å². The lowest BCUT2D eigenvalue weighted by Crippen LogP contribution is -2.25.